The minimum absolute atomic E-state index is 0.0415. The molecule has 1 rings (SSSR count). The van der Waals surface area contributed by atoms with Crippen molar-refractivity contribution in [1.82, 2.24) is 4.31 Å². The Labute approximate surface area is 121 Å². The van der Waals surface area contributed by atoms with E-state index in [0.29, 0.717) is 13.0 Å². The van der Waals surface area contributed by atoms with Gasteiger partial charge in [0.1, 0.15) is 15.6 Å². The summed E-state index contributed by atoms with van der Waals surface area (Å²) in [5, 5.41) is 0. The van der Waals surface area contributed by atoms with Crippen molar-refractivity contribution in [2.75, 3.05) is 24.3 Å². The van der Waals surface area contributed by atoms with Gasteiger partial charge in [0.15, 0.2) is 0 Å². The molecule has 0 spiro atoms. The van der Waals surface area contributed by atoms with Crippen LogP contribution in [0.25, 0.3) is 0 Å². The molecule has 0 aromatic heterocycles. The number of rotatable bonds is 6. The molecule has 0 saturated carbocycles. The highest BCUT2D eigenvalue weighted by Crippen LogP contribution is 2.23. The fourth-order valence-electron chi connectivity index (χ4n) is 2.43. The summed E-state index contributed by atoms with van der Waals surface area (Å²) in [6.07, 6.45) is 4.49. The number of ketones is 1. The molecule has 1 aliphatic rings. The number of hydrogen-bond donors (Lipinski definition) is 0. The molecular weight excluding hydrogens is 302 g/mol. The maximum absolute atomic E-state index is 12.3. The van der Waals surface area contributed by atoms with Crippen LogP contribution in [0.1, 0.15) is 39.0 Å². The Morgan fingerprint density at radius 3 is 2.30 bits per heavy atom. The third-order valence-electron chi connectivity index (χ3n) is 3.42. The molecule has 8 heteroatoms. The summed E-state index contributed by atoms with van der Waals surface area (Å²) in [5.41, 5.74) is 0. The van der Waals surface area contributed by atoms with E-state index in [4.69, 9.17) is 0 Å². The average molecular weight is 325 g/mol. The van der Waals surface area contributed by atoms with Crippen molar-refractivity contribution < 1.29 is 21.6 Å². The van der Waals surface area contributed by atoms with Gasteiger partial charge >= 0.3 is 0 Å². The number of Topliss-reactive ketones (excluding diaryl/α,β-unsaturated/α-hetero) is 1. The Morgan fingerprint density at radius 2 is 1.75 bits per heavy atom. The predicted molar refractivity (Wildman–Crippen MR) is 77.8 cm³/mol. The van der Waals surface area contributed by atoms with Crippen LogP contribution in [-0.4, -0.2) is 57.3 Å². The van der Waals surface area contributed by atoms with E-state index in [-0.39, 0.29) is 24.0 Å². The molecule has 20 heavy (non-hydrogen) atoms. The Bertz CT molecular complexity index is 538. The molecule has 1 fully saturated rings. The lowest BCUT2D eigenvalue weighted by Crippen LogP contribution is -2.43. The molecule has 0 amide bonds. The first-order chi connectivity index (χ1) is 9.12. The first kappa shape index (κ1) is 17.6. The lowest BCUT2D eigenvalue weighted by molar-refractivity contribution is -0.117. The van der Waals surface area contributed by atoms with E-state index in [1.165, 1.54) is 11.2 Å². The fraction of sp³-hybridized carbons (Fsp3) is 0.917. The van der Waals surface area contributed by atoms with Crippen molar-refractivity contribution in [2.24, 2.45) is 0 Å². The quantitative estimate of drug-likeness (QED) is 0.713. The van der Waals surface area contributed by atoms with Crippen molar-refractivity contribution in [2.45, 2.75) is 45.1 Å². The lowest BCUT2D eigenvalue weighted by atomic mass is 10.1. The van der Waals surface area contributed by atoms with E-state index in [2.05, 4.69) is 0 Å². The summed E-state index contributed by atoms with van der Waals surface area (Å²) in [6, 6.07) is -0.320. The number of sulfone groups is 1. The fourth-order valence-corrected chi connectivity index (χ4v) is 5.76. The van der Waals surface area contributed by atoms with E-state index in [9.17, 15) is 21.6 Å². The third kappa shape index (κ3) is 5.88. The largest absolute Gasteiger partial charge is 0.300 e. The van der Waals surface area contributed by atoms with E-state index >= 15 is 0 Å². The lowest BCUT2D eigenvalue weighted by Gasteiger charge is -2.28. The number of hydrogen-bond acceptors (Lipinski definition) is 5. The van der Waals surface area contributed by atoms with Crippen LogP contribution in [0.2, 0.25) is 0 Å². The molecule has 1 unspecified atom stereocenters. The third-order valence-corrected chi connectivity index (χ3v) is 6.54. The highest BCUT2D eigenvalue weighted by Gasteiger charge is 2.32. The number of nitrogens with zero attached hydrogens (tertiary/aromatic N) is 1. The molecule has 1 heterocycles. The Morgan fingerprint density at radius 1 is 1.10 bits per heavy atom. The molecule has 0 aromatic carbocycles. The Balaban J connectivity index is 2.88. The topological polar surface area (TPSA) is 88.6 Å². The van der Waals surface area contributed by atoms with Crippen LogP contribution >= 0.6 is 0 Å². The number of sulfonamides is 1. The van der Waals surface area contributed by atoms with Gasteiger partial charge in [-0.05, 0) is 19.8 Å². The predicted octanol–water partition coefficient (Wildman–Crippen LogP) is 0.585. The molecule has 6 nitrogen and oxygen atoms in total. The first-order valence-corrected chi connectivity index (χ1v) is 10.5. The first-order valence-electron chi connectivity index (χ1n) is 6.78. The maximum Gasteiger partial charge on any atom is 0.215 e. The molecule has 0 aromatic rings. The van der Waals surface area contributed by atoms with Gasteiger partial charge in [-0.2, -0.15) is 4.31 Å². The van der Waals surface area contributed by atoms with Gasteiger partial charge < -0.3 is 0 Å². The Hall–Kier alpha value is -0.470. The van der Waals surface area contributed by atoms with Crippen LogP contribution in [0.3, 0.4) is 0 Å². The van der Waals surface area contributed by atoms with Crippen LogP contribution in [0.15, 0.2) is 0 Å². The van der Waals surface area contributed by atoms with Gasteiger partial charge in [0, 0.05) is 25.3 Å². The van der Waals surface area contributed by atoms with Crippen molar-refractivity contribution in [3.63, 3.8) is 0 Å². The van der Waals surface area contributed by atoms with Gasteiger partial charge in [-0.15, -0.1) is 0 Å². The molecule has 0 radical (unpaired) electrons. The molecule has 1 atom stereocenters. The van der Waals surface area contributed by atoms with E-state index < -0.39 is 25.6 Å². The standard InChI is InChI=1S/C12H23NO5S2/c1-11(14)10-12-6-4-3-5-7-13(12)20(17,18)9-8-19(2,15)16/h12H,3-10H2,1-2H3. The summed E-state index contributed by atoms with van der Waals surface area (Å²) >= 11 is 0. The van der Waals surface area contributed by atoms with Crippen LogP contribution < -0.4 is 0 Å². The van der Waals surface area contributed by atoms with Gasteiger partial charge in [0.25, 0.3) is 0 Å². The highest BCUT2D eigenvalue weighted by molar-refractivity contribution is 7.93. The molecule has 0 aliphatic carbocycles. The zero-order valence-corrected chi connectivity index (χ0v) is 13.7. The van der Waals surface area contributed by atoms with Crippen LogP contribution in [-0.2, 0) is 24.7 Å². The van der Waals surface area contributed by atoms with Crippen molar-refractivity contribution >= 4 is 25.6 Å². The van der Waals surface area contributed by atoms with Gasteiger partial charge in [0.2, 0.25) is 10.0 Å². The SMILES string of the molecule is CC(=O)CC1CCCCCN1S(=O)(=O)CCS(C)(=O)=O. The van der Waals surface area contributed by atoms with Crippen molar-refractivity contribution in [3.8, 4) is 0 Å². The van der Waals surface area contributed by atoms with Crippen molar-refractivity contribution in [1.29, 1.82) is 0 Å². The average Bonchev–Trinajstić information content (AvgIpc) is 2.51. The minimum Gasteiger partial charge on any atom is -0.300 e. The summed E-state index contributed by atoms with van der Waals surface area (Å²) in [7, 11) is -6.95. The molecule has 1 saturated heterocycles. The van der Waals surface area contributed by atoms with Crippen LogP contribution in [0, 0.1) is 0 Å². The van der Waals surface area contributed by atoms with Gasteiger partial charge in [-0.3, -0.25) is 4.79 Å². The number of carbonyl (C=O) groups excluding carboxylic acids is 1. The van der Waals surface area contributed by atoms with E-state index in [1.807, 2.05) is 0 Å². The normalized spacial score (nSPS) is 22.4. The zero-order valence-electron chi connectivity index (χ0n) is 12.0. The number of carbonyl (C=O) groups is 1. The van der Waals surface area contributed by atoms with Crippen LogP contribution in [0.4, 0.5) is 0 Å². The van der Waals surface area contributed by atoms with Crippen LogP contribution in [0.5, 0.6) is 0 Å². The summed E-state index contributed by atoms with van der Waals surface area (Å²) < 4.78 is 48.3. The molecular formula is C12H23NO5S2. The maximum atomic E-state index is 12.3. The monoisotopic (exact) mass is 325 g/mol. The second-order valence-corrected chi connectivity index (χ2v) is 9.77. The Kier molecular flexibility index (Phi) is 6.15. The second kappa shape index (κ2) is 7.00. The zero-order chi connectivity index (χ0) is 15.4. The van der Waals surface area contributed by atoms with E-state index in [1.54, 1.807) is 0 Å². The van der Waals surface area contributed by atoms with E-state index in [0.717, 1.165) is 25.5 Å². The van der Waals surface area contributed by atoms with Gasteiger partial charge in [-0.1, -0.05) is 12.8 Å². The summed E-state index contributed by atoms with van der Waals surface area (Å²) in [5.74, 6) is -0.820. The second-order valence-electron chi connectivity index (χ2n) is 5.47. The molecule has 0 N–H and O–H groups in total. The highest BCUT2D eigenvalue weighted by atomic mass is 32.2. The summed E-state index contributed by atoms with van der Waals surface area (Å²) in [4.78, 5) is 11.3. The molecule has 1 aliphatic heterocycles. The van der Waals surface area contributed by atoms with Gasteiger partial charge in [0.05, 0.1) is 11.5 Å². The smallest absolute Gasteiger partial charge is 0.215 e. The minimum atomic E-state index is -3.63. The van der Waals surface area contributed by atoms with Gasteiger partial charge in [-0.25, -0.2) is 16.8 Å². The molecule has 118 valence electrons. The summed E-state index contributed by atoms with van der Waals surface area (Å²) in [6.45, 7) is 1.83. The molecule has 0 bridgehead atoms. The van der Waals surface area contributed by atoms with Crippen molar-refractivity contribution in [3.05, 3.63) is 0 Å².